The van der Waals surface area contributed by atoms with Crippen LogP contribution >= 0.6 is 0 Å². The molecule has 3 rings (SSSR count). The second-order valence-electron chi connectivity index (χ2n) is 6.60. The molecule has 0 aliphatic carbocycles. The van der Waals surface area contributed by atoms with Crippen LogP contribution in [0.25, 0.3) is 0 Å². The standard InChI is InChI=1S/C18H27N3O2/c1-15(18(22)21-9-3-4-10-21)19-11-13-20(14-12-19)16-5-7-17(23-2)8-6-16/h5-8,15H,3-4,9-14H2,1-2H3/p+1/t15-/m0/s1. The maximum atomic E-state index is 12.5. The summed E-state index contributed by atoms with van der Waals surface area (Å²) in [5, 5.41) is 0. The lowest BCUT2D eigenvalue weighted by Gasteiger charge is -2.37. The van der Waals surface area contributed by atoms with Crippen LogP contribution in [0.5, 0.6) is 5.75 Å². The van der Waals surface area contributed by atoms with Crippen LogP contribution in [0, 0.1) is 0 Å². The molecule has 1 aromatic carbocycles. The van der Waals surface area contributed by atoms with Crippen molar-refractivity contribution in [3.05, 3.63) is 24.3 Å². The first-order chi connectivity index (χ1) is 11.2. The quantitative estimate of drug-likeness (QED) is 0.874. The Labute approximate surface area is 138 Å². The monoisotopic (exact) mass is 318 g/mol. The van der Waals surface area contributed by atoms with Crippen LogP contribution in [0.3, 0.4) is 0 Å². The van der Waals surface area contributed by atoms with E-state index in [1.165, 1.54) is 23.4 Å². The van der Waals surface area contributed by atoms with Gasteiger partial charge >= 0.3 is 0 Å². The van der Waals surface area contributed by atoms with Gasteiger partial charge < -0.3 is 19.4 Å². The molecule has 0 spiro atoms. The molecule has 1 N–H and O–H groups in total. The fraction of sp³-hybridized carbons (Fsp3) is 0.611. The summed E-state index contributed by atoms with van der Waals surface area (Å²) in [5.41, 5.74) is 1.24. The zero-order valence-corrected chi connectivity index (χ0v) is 14.3. The van der Waals surface area contributed by atoms with Gasteiger partial charge in [0.25, 0.3) is 5.91 Å². The SMILES string of the molecule is COc1ccc(N2CC[NH+]([C@@H](C)C(=O)N3CCCC3)CC2)cc1. The van der Waals surface area contributed by atoms with Crippen LogP contribution in [0.1, 0.15) is 19.8 Å². The molecule has 126 valence electrons. The van der Waals surface area contributed by atoms with Crippen LogP contribution in [-0.4, -0.2) is 63.2 Å². The Morgan fingerprint density at radius 3 is 2.26 bits per heavy atom. The molecule has 1 amide bonds. The second-order valence-corrected chi connectivity index (χ2v) is 6.60. The van der Waals surface area contributed by atoms with E-state index in [2.05, 4.69) is 24.0 Å². The molecular formula is C18H28N3O2+. The number of nitrogens with zero attached hydrogens (tertiary/aromatic N) is 2. The minimum Gasteiger partial charge on any atom is -0.497 e. The van der Waals surface area contributed by atoms with Crippen LogP contribution in [0.2, 0.25) is 0 Å². The molecule has 2 aliphatic rings. The number of likely N-dealkylation sites (tertiary alicyclic amines) is 1. The maximum absolute atomic E-state index is 12.5. The normalized spacial score (nSPS) is 20.6. The number of hydrogen-bond acceptors (Lipinski definition) is 3. The van der Waals surface area contributed by atoms with Gasteiger partial charge in [0.1, 0.15) is 5.75 Å². The van der Waals surface area contributed by atoms with Gasteiger partial charge in [0.05, 0.1) is 33.3 Å². The van der Waals surface area contributed by atoms with E-state index in [0.717, 1.165) is 45.0 Å². The lowest BCUT2D eigenvalue weighted by Crippen LogP contribution is -3.19. The lowest BCUT2D eigenvalue weighted by atomic mass is 10.2. The Hall–Kier alpha value is -1.75. The molecule has 23 heavy (non-hydrogen) atoms. The number of carbonyl (C=O) groups is 1. The number of rotatable bonds is 4. The Balaban J connectivity index is 1.53. The molecule has 0 saturated carbocycles. The predicted octanol–water partition coefficient (Wildman–Crippen LogP) is 0.411. The molecule has 5 heteroatoms. The lowest BCUT2D eigenvalue weighted by molar-refractivity contribution is -0.915. The van der Waals surface area contributed by atoms with Gasteiger partial charge in [-0.3, -0.25) is 4.79 Å². The maximum Gasteiger partial charge on any atom is 0.280 e. The number of amides is 1. The average molecular weight is 318 g/mol. The van der Waals surface area contributed by atoms with Gasteiger partial charge in [-0.2, -0.15) is 0 Å². The molecule has 0 radical (unpaired) electrons. The van der Waals surface area contributed by atoms with Crippen molar-refractivity contribution in [2.24, 2.45) is 0 Å². The van der Waals surface area contributed by atoms with Gasteiger partial charge in [-0.1, -0.05) is 0 Å². The minimum absolute atomic E-state index is 0.0890. The number of hydrogen-bond donors (Lipinski definition) is 1. The number of benzene rings is 1. The average Bonchev–Trinajstić information content (AvgIpc) is 3.15. The number of methoxy groups -OCH3 is 1. The summed E-state index contributed by atoms with van der Waals surface area (Å²) in [5.74, 6) is 1.23. The fourth-order valence-corrected chi connectivity index (χ4v) is 3.66. The van der Waals surface area contributed by atoms with Crippen molar-refractivity contribution in [2.75, 3.05) is 51.3 Å². The van der Waals surface area contributed by atoms with Gasteiger partial charge in [0.2, 0.25) is 0 Å². The number of carbonyl (C=O) groups excluding carboxylic acids is 1. The third kappa shape index (κ3) is 3.61. The molecule has 5 nitrogen and oxygen atoms in total. The molecule has 2 heterocycles. The molecule has 2 aliphatic heterocycles. The summed E-state index contributed by atoms with van der Waals surface area (Å²) >= 11 is 0. The van der Waals surface area contributed by atoms with E-state index in [1.807, 2.05) is 17.0 Å². The molecular weight excluding hydrogens is 290 g/mol. The number of ether oxygens (including phenoxy) is 1. The van der Waals surface area contributed by atoms with E-state index in [-0.39, 0.29) is 6.04 Å². The van der Waals surface area contributed by atoms with Gasteiger partial charge in [-0.15, -0.1) is 0 Å². The highest BCUT2D eigenvalue weighted by molar-refractivity contribution is 5.80. The summed E-state index contributed by atoms with van der Waals surface area (Å²) in [6, 6.07) is 8.33. The smallest absolute Gasteiger partial charge is 0.280 e. The highest BCUT2D eigenvalue weighted by Gasteiger charge is 2.32. The predicted molar refractivity (Wildman–Crippen MR) is 91.2 cm³/mol. The van der Waals surface area contributed by atoms with Crippen molar-refractivity contribution in [3.8, 4) is 5.75 Å². The number of piperazine rings is 1. The molecule has 0 aromatic heterocycles. The van der Waals surface area contributed by atoms with Crippen LogP contribution in [0.4, 0.5) is 5.69 Å². The minimum atomic E-state index is 0.0890. The first kappa shape index (κ1) is 16.1. The third-order valence-electron chi connectivity index (χ3n) is 5.24. The summed E-state index contributed by atoms with van der Waals surface area (Å²) in [7, 11) is 1.69. The Bertz CT molecular complexity index is 518. The van der Waals surface area contributed by atoms with E-state index in [0.29, 0.717) is 5.91 Å². The van der Waals surface area contributed by atoms with Crippen molar-refractivity contribution >= 4 is 11.6 Å². The molecule has 0 unspecified atom stereocenters. The third-order valence-corrected chi connectivity index (χ3v) is 5.24. The molecule has 1 aromatic rings. The van der Waals surface area contributed by atoms with E-state index in [1.54, 1.807) is 7.11 Å². The highest BCUT2D eigenvalue weighted by Crippen LogP contribution is 2.19. The van der Waals surface area contributed by atoms with E-state index < -0.39 is 0 Å². The van der Waals surface area contributed by atoms with Gasteiger partial charge in [-0.25, -0.2) is 0 Å². The fourth-order valence-electron chi connectivity index (χ4n) is 3.66. The van der Waals surface area contributed by atoms with Crippen molar-refractivity contribution in [3.63, 3.8) is 0 Å². The summed E-state index contributed by atoms with van der Waals surface area (Å²) < 4.78 is 5.22. The summed E-state index contributed by atoms with van der Waals surface area (Å²) in [6.45, 7) is 8.04. The summed E-state index contributed by atoms with van der Waals surface area (Å²) in [6.07, 6.45) is 2.33. The van der Waals surface area contributed by atoms with Crippen molar-refractivity contribution < 1.29 is 14.4 Å². The first-order valence-corrected chi connectivity index (χ1v) is 8.71. The summed E-state index contributed by atoms with van der Waals surface area (Å²) in [4.78, 5) is 18.4. The number of nitrogens with one attached hydrogen (secondary N) is 1. The molecule has 0 bridgehead atoms. The van der Waals surface area contributed by atoms with Crippen LogP contribution in [0.15, 0.2) is 24.3 Å². The van der Waals surface area contributed by atoms with E-state index in [9.17, 15) is 4.79 Å². The van der Waals surface area contributed by atoms with Gasteiger partial charge in [-0.05, 0) is 44.0 Å². The topological polar surface area (TPSA) is 37.2 Å². The zero-order valence-electron chi connectivity index (χ0n) is 14.3. The van der Waals surface area contributed by atoms with E-state index in [4.69, 9.17) is 4.74 Å². The van der Waals surface area contributed by atoms with Crippen molar-refractivity contribution in [2.45, 2.75) is 25.8 Å². The molecule has 1 atom stereocenters. The number of quaternary nitrogens is 1. The first-order valence-electron chi connectivity index (χ1n) is 8.71. The Morgan fingerprint density at radius 1 is 1.09 bits per heavy atom. The Kier molecular flexibility index (Phi) is 5.06. The molecule has 2 fully saturated rings. The second kappa shape index (κ2) is 7.21. The Morgan fingerprint density at radius 2 is 1.70 bits per heavy atom. The molecule has 2 saturated heterocycles. The van der Waals surface area contributed by atoms with Crippen molar-refractivity contribution in [1.82, 2.24) is 4.90 Å². The zero-order chi connectivity index (χ0) is 16.2. The number of anilines is 1. The largest absolute Gasteiger partial charge is 0.497 e. The van der Waals surface area contributed by atoms with E-state index >= 15 is 0 Å². The highest BCUT2D eigenvalue weighted by atomic mass is 16.5. The van der Waals surface area contributed by atoms with Crippen LogP contribution < -0.4 is 14.5 Å². The van der Waals surface area contributed by atoms with Gasteiger partial charge in [0.15, 0.2) is 6.04 Å². The van der Waals surface area contributed by atoms with Gasteiger partial charge in [0, 0.05) is 18.8 Å². The van der Waals surface area contributed by atoms with Crippen LogP contribution in [-0.2, 0) is 4.79 Å². The van der Waals surface area contributed by atoms with Crippen molar-refractivity contribution in [1.29, 1.82) is 0 Å².